The van der Waals surface area contributed by atoms with Gasteiger partial charge in [0.05, 0.1) is 6.61 Å². The minimum atomic E-state index is -1.02. The summed E-state index contributed by atoms with van der Waals surface area (Å²) in [5.41, 5.74) is 6.02. The van der Waals surface area contributed by atoms with E-state index >= 15 is 0 Å². The summed E-state index contributed by atoms with van der Waals surface area (Å²) in [5.74, 6) is -1.02. The number of aliphatic hydroxyl groups is 1. The number of hydrogen-bond acceptors (Lipinski definition) is 3. The van der Waals surface area contributed by atoms with Crippen LogP contribution in [0.15, 0.2) is 11.6 Å². The van der Waals surface area contributed by atoms with Crippen molar-refractivity contribution in [1.29, 1.82) is 0 Å². The lowest BCUT2D eigenvalue weighted by atomic mass is 10.1. The predicted octanol–water partition coefficient (Wildman–Crippen LogP) is -0.273. The number of rotatable bonds is 4. The molecule has 64 valence electrons. The highest BCUT2D eigenvalue weighted by molar-refractivity contribution is 5.73. The van der Waals surface area contributed by atoms with Crippen LogP contribution in [0.2, 0.25) is 0 Å². The van der Waals surface area contributed by atoms with Crippen molar-refractivity contribution in [2.75, 3.05) is 6.61 Å². The molecule has 0 aromatic heterocycles. The minimum Gasteiger partial charge on any atom is -0.480 e. The van der Waals surface area contributed by atoms with Crippen LogP contribution in [0.4, 0.5) is 0 Å². The Morgan fingerprint density at radius 2 is 2.27 bits per heavy atom. The maximum atomic E-state index is 10.2. The van der Waals surface area contributed by atoms with Gasteiger partial charge in [0.1, 0.15) is 6.04 Å². The molecular weight excluding hydrogens is 146 g/mol. The summed E-state index contributed by atoms with van der Waals surface area (Å²) in [6.07, 6.45) is 1.83. The number of carboxylic acids is 1. The molecule has 0 bridgehead atoms. The molecule has 0 spiro atoms. The van der Waals surface area contributed by atoms with Crippen LogP contribution in [0.1, 0.15) is 13.3 Å². The van der Waals surface area contributed by atoms with E-state index < -0.39 is 12.0 Å². The number of carboxylic acid groups (broad SMARTS) is 1. The second-order valence-electron chi connectivity index (χ2n) is 2.38. The molecule has 0 aromatic rings. The Labute approximate surface area is 65.3 Å². The van der Waals surface area contributed by atoms with E-state index in [9.17, 15) is 4.79 Å². The zero-order chi connectivity index (χ0) is 8.85. The zero-order valence-electron chi connectivity index (χ0n) is 6.45. The van der Waals surface area contributed by atoms with Gasteiger partial charge in [-0.15, -0.1) is 0 Å². The van der Waals surface area contributed by atoms with Crippen molar-refractivity contribution in [3.63, 3.8) is 0 Å². The number of hydrogen-bond donors (Lipinski definition) is 3. The number of nitrogens with two attached hydrogens (primary N) is 1. The van der Waals surface area contributed by atoms with E-state index in [2.05, 4.69) is 0 Å². The van der Waals surface area contributed by atoms with Gasteiger partial charge >= 0.3 is 5.97 Å². The van der Waals surface area contributed by atoms with Crippen LogP contribution in [-0.2, 0) is 4.79 Å². The monoisotopic (exact) mass is 159 g/mol. The summed E-state index contributed by atoms with van der Waals surface area (Å²) >= 11 is 0. The molecule has 0 saturated heterocycles. The fraction of sp³-hybridized carbons (Fsp3) is 0.571. The van der Waals surface area contributed by atoms with Crippen LogP contribution in [0, 0.1) is 0 Å². The van der Waals surface area contributed by atoms with Gasteiger partial charge < -0.3 is 15.9 Å². The lowest BCUT2D eigenvalue weighted by Crippen LogP contribution is -2.30. The Morgan fingerprint density at radius 3 is 2.64 bits per heavy atom. The molecule has 0 heterocycles. The number of carbonyl (C=O) groups is 1. The van der Waals surface area contributed by atoms with E-state index in [1.807, 2.05) is 0 Å². The fourth-order valence-corrected chi connectivity index (χ4v) is 0.673. The molecule has 0 aromatic carbocycles. The van der Waals surface area contributed by atoms with E-state index in [4.69, 9.17) is 15.9 Å². The molecule has 1 atom stereocenters. The molecule has 11 heavy (non-hydrogen) atoms. The Hall–Kier alpha value is -0.870. The molecular formula is C7H13NO3. The highest BCUT2D eigenvalue weighted by atomic mass is 16.4. The van der Waals surface area contributed by atoms with E-state index in [-0.39, 0.29) is 13.0 Å². The van der Waals surface area contributed by atoms with Crippen LogP contribution in [0.3, 0.4) is 0 Å². The Kier molecular flexibility index (Phi) is 4.49. The average molecular weight is 159 g/mol. The smallest absolute Gasteiger partial charge is 0.320 e. The standard InChI is InChI=1S/C7H13NO3/c1-5(2-3-9)4-6(8)7(10)11/h2,6,9H,3-4,8H2,1H3,(H,10,11)/b5-2+. The second-order valence-corrected chi connectivity index (χ2v) is 2.38. The topological polar surface area (TPSA) is 83.5 Å². The van der Waals surface area contributed by atoms with Crippen molar-refractivity contribution in [2.24, 2.45) is 5.73 Å². The first-order valence-corrected chi connectivity index (χ1v) is 3.32. The lowest BCUT2D eigenvalue weighted by molar-refractivity contribution is -0.138. The third-order valence-corrected chi connectivity index (χ3v) is 1.30. The van der Waals surface area contributed by atoms with Gasteiger partial charge in [-0.2, -0.15) is 0 Å². The van der Waals surface area contributed by atoms with E-state index in [1.165, 1.54) is 0 Å². The molecule has 4 N–H and O–H groups in total. The maximum absolute atomic E-state index is 10.2. The number of aliphatic carboxylic acids is 1. The third kappa shape index (κ3) is 4.52. The van der Waals surface area contributed by atoms with Crippen LogP contribution in [0.25, 0.3) is 0 Å². The third-order valence-electron chi connectivity index (χ3n) is 1.30. The minimum absolute atomic E-state index is 0.0713. The summed E-state index contributed by atoms with van der Waals surface area (Å²) in [4.78, 5) is 10.2. The van der Waals surface area contributed by atoms with Crippen LogP contribution < -0.4 is 5.73 Å². The van der Waals surface area contributed by atoms with Gasteiger partial charge in [0.25, 0.3) is 0 Å². The van der Waals surface area contributed by atoms with E-state index in [1.54, 1.807) is 13.0 Å². The van der Waals surface area contributed by atoms with Crippen molar-refractivity contribution in [3.05, 3.63) is 11.6 Å². The van der Waals surface area contributed by atoms with Crippen molar-refractivity contribution in [1.82, 2.24) is 0 Å². The summed E-state index contributed by atoms with van der Waals surface area (Å²) < 4.78 is 0. The summed E-state index contributed by atoms with van der Waals surface area (Å²) in [6, 6.07) is -0.863. The van der Waals surface area contributed by atoms with Gasteiger partial charge in [-0.1, -0.05) is 11.6 Å². The molecule has 0 amide bonds. The highest BCUT2D eigenvalue weighted by Crippen LogP contribution is 2.01. The van der Waals surface area contributed by atoms with Crippen molar-refractivity contribution in [2.45, 2.75) is 19.4 Å². The molecule has 0 saturated carbocycles. The fourth-order valence-electron chi connectivity index (χ4n) is 0.673. The van der Waals surface area contributed by atoms with E-state index in [0.717, 1.165) is 5.57 Å². The Bertz CT molecular complexity index is 165. The van der Waals surface area contributed by atoms with Gasteiger partial charge in [0.15, 0.2) is 0 Å². The maximum Gasteiger partial charge on any atom is 0.320 e. The molecule has 0 rings (SSSR count). The molecule has 4 nitrogen and oxygen atoms in total. The summed E-state index contributed by atoms with van der Waals surface area (Å²) in [7, 11) is 0. The van der Waals surface area contributed by atoms with Crippen LogP contribution in [0.5, 0.6) is 0 Å². The van der Waals surface area contributed by atoms with E-state index in [0.29, 0.717) is 0 Å². The quantitative estimate of drug-likeness (QED) is 0.493. The van der Waals surface area contributed by atoms with Gasteiger partial charge in [0, 0.05) is 0 Å². The average Bonchev–Trinajstić information content (AvgIpc) is 1.87. The predicted molar refractivity (Wildman–Crippen MR) is 41.1 cm³/mol. The van der Waals surface area contributed by atoms with Gasteiger partial charge in [-0.3, -0.25) is 4.79 Å². The molecule has 0 aliphatic carbocycles. The Morgan fingerprint density at radius 1 is 1.73 bits per heavy atom. The Balaban J connectivity index is 3.84. The second kappa shape index (κ2) is 4.87. The van der Waals surface area contributed by atoms with Gasteiger partial charge in [-0.05, 0) is 13.3 Å². The zero-order valence-corrected chi connectivity index (χ0v) is 6.45. The number of aliphatic hydroxyl groups excluding tert-OH is 1. The largest absolute Gasteiger partial charge is 0.480 e. The highest BCUT2D eigenvalue weighted by Gasteiger charge is 2.10. The molecule has 4 heteroatoms. The SMILES string of the molecule is C/C(=C\CO)CC(N)C(=O)O. The normalized spacial score (nSPS) is 14.6. The van der Waals surface area contributed by atoms with Gasteiger partial charge in [-0.25, -0.2) is 0 Å². The molecule has 0 aliphatic rings. The van der Waals surface area contributed by atoms with Crippen LogP contribution >= 0.6 is 0 Å². The first-order chi connectivity index (χ1) is 5.07. The van der Waals surface area contributed by atoms with Crippen LogP contribution in [-0.4, -0.2) is 28.8 Å². The first-order valence-electron chi connectivity index (χ1n) is 3.32. The lowest BCUT2D eigenvalue weighted by Gasteiger charge is -2.05. The van der Waals surface area contributed by atoms with Gasteiger partial charge in [0.2, 0.25) is 0 Å². The summed E-state index contributed by atoms with van der Waals surface area (Å²) in [6.45, 7) is 1.66. The van der Waals surface area contributed by atoms with Crippen molar-refractivity contribution >= 4 is 5.97 Å². The molecule has 0 fully saturated rings. The summed E-state index contributed by atoms with van der Waals surface area (Å²) in [5, 5.41) is 16.8. The van der Waals surface area contributed by atoms with Crippen molar-refractivity contribution in [3.8, 4) is 0 Å². The van der Waals surface area contributed by atoms with Crippen molar-refractivity contribution < 1.29 is 15.0 Å². The molecule has 0 aliphatic heterocycles. The molecule has 1 unspecified atom stereocenters. The molecule has 0 radical (unpaired) electrons. The first kappa shape index (κ1) is 10.1.